The molecule has 0 aliphatic heterocycles. The zero-order chi connectivity index (χ0) is 15.2. The molecule has 2 N–H and O–H groups in total. The van der Waals surface area contributed by atoms with Gasteiger partial charge in [-0.15, -0.1) is 5.10 Å². The zero-order valence-electron chi connectivity index (χ0n) is 12.3. The third-order valence-corrected chi connectivity index (χ3v) is 3.15. The van der Waals surface area contributed by atoms with Crippen molar-refractivity contribution in [2.45, 2.75) is 26.3 Å². The number of aromatic nitrogens is 2. The standard InChI is InChI=1S/C14H19ClN4O2/c1-4-7-16-9(2)13-18-19-14(21-13)17-11-8-10(15)5-6-12(11)20-3/h5-6,8-9,16H,4,7H2,1-3H3,(H,17,19). The molecule has 0 aliphatic carbocycles. The van der Waals surface area contributed by atoms with E-state index in [2.05, 4.69) is 27.8 Å². The largest absolute Gasteiger partial charge is 0.495 e. The lowest BCUT2D eigenvalue weighted by Gasteiger charge is -2.09. The van der Waals surface area contributed by atoms with Gasteiger partial charge in [-0.1, -0.05) is 23.6 Å². The summed E-state index contributed by atoms with van der Waals surface area (Å²) in [6.07, 6.45) is 1.04. The molecular formula is C14H19ClN4O2. The summed E-state index contributed by atoms with van der Waals surface area (Å²) < 4.78 is 10.8. The monoisotopic (exact) mass is 310 g/mol. The molecule has 1 aromatic carbocycles. The average Bonchev–Trinajstić information content (AvgIpc) is 2.93. The quantitative estimate of drug-likeness (QED) is 0.815. The average molecular weight is 311 g/mol. The first-order chi connectivity index (χ1) is 10.1. The number of ether oxygens (including phenoxy) is 1. The summed E-state index contributed by atoms with van der Waals surface area (Å²) in [5, 5.41) is 14.9. The maximum atomic E-state index is 5.98. The van der Waals surface area contributed by atoms with Crippen molar-refractivity contribution >= 4 is 23.3 Å². The number of nitrogens with one attached hydrogen (secondary N) is 2. The lowest BCUT2D eigenvalue weighted by atomic mass is 10.3. The van der Waals surface area contributed by atoms with E-state index in [4.69, 9.17) is 20.8 Å². The predicted octanol–water partition coefficient (Wildman–Crippen LogP) is 3.54. The second kappa shape index (κ2) is 7.28. The van der Waals surface area contributed by atoms with Crippen molar-refractivity contribution in [3.63, 3.8) is 0 Å². The molecule has 1 heterocycles. The molecule has 1 atom stereocenters. The Morgan fingerprint density at radius 2 is 2.19 bits per heavy atom. The molecule has 0 radical (unpaired) electrons. The summed E-state index contributed by atoms with van der Waals surface area (Å²) in [5.74, 6) is 1.18. The van der Waals surface area contributed by atoms with Crippen LogP contribution >= 0.6 is 11.6 Å². The Morgan fingerprint density at radius 3 is 2.90 bits per heavy atom. The van der Waals surface area contributed by atoms with E-state index in [1.807, 2.05) is 6.92 Å². The minimum absolute atomic E-state index is 0.00857. The van der Waals surface area contributed by atoms with Crippen LogP contribution in [0.1, 0.15) is 32.2 Å². The fraction of sp³-hybridized carbons (Fsp3) is 0.429. The van der Waals surface area contributed by atoms with Crippen molar-refractivity contribution in [2.24, 2.45) is 0 Å². The maximum Gasteiger partial charge on any atom is 0.320 e. The molecule has 1 aromatic heterocycles. The van der Waals surface area contributed by atoms with Crippen molar-refractivity contribution in [1.29, 1.82) is 0 Å². The molecule has 114 valence electrons. The van der Waals surface area contributed by atoms with Crippen LogP contribution in [-0.4, -0.2) is 23.9 Å². The van der Waals surface area contributed by atoms with Gasteiger partial charge < -0.3 is 19.8 Å². The minimum atomic E-state index is 0.00857. The van der Waals surface area contributed by atoms with Crippen molar-refractivity contribution in [1.82, 2.24) is 15.5 Å². The minimum Gasteiger partial charge on any atom is -0.495 e. The molecule has 0 fully saturated rings. The molecule has 21 heavy (non-hydrogen) atoms. The van der Waals surface area contributed by atoms with E-state index in [-0.39, 0.29) is 6.04 Å². The summed E-state index contributed by atoms with van der Waals surface area (Å²) >= 11 is 5.98. The Kier molecular flexibility index (Phi) is 5.41. The van der Waals surface area contributed by atoms with Gasteiger partial charge in [0.05, 0.1) is 18.8 Å². The van der Waals surface area contributed by atoms with E-state index in [0.717, 1.165) is 13.0 Å². The molecule has 1 unspecified atom stereocenters. The number of methoxy groups -OCH3 is 1. The summed E-state index contributed by atoms with van der Waals surface area (Å²) in [7, 11) is 1.59. The van der Waals surface area contributed by atoms with E-state index in [9.17, 15) is 0 Å². The molecular weight excluding hydrogens is 292 g/mol. The first-order valence-electron chi connectivity index (χ1n) is 6.81. The Hall–Kier alpha value is -1.79. The van der Waals surface area contributed by atoms with E-state index in [1.54, 1.807) is 25.3 Å². The lowest BCUT2D eigenvalue weighted by molar-refractivity contribution is 0.414. The van der Waals surface area contributed by atoms with Crippen LogP contribution in [0.25, 0.3) is 0 Å². The number of nitrogens with zero attached hydrogens (tertiary/aromatic N) is 2. The molecule has 6 nitrogen and oxygen atoms in total. The van der Waals surface area contributed by atoms with Crippen molar-refractivity contribution in [3.8, 4) is 5.75 Å². The fourth-order valence-corrected chi connectivity index (χ4v) is 1.97. The molecule has 0 aliphatic rings. The summed E-state index contributed by atoms with van der Waals surface area (Å²) in [4.78, 5) is 0. The molecule has 0 bridgehead atoms. The second-order valence-electron chi connectivity index (χ2n) is 4.59. The first-order valence-corrected chi connectivity index (χ1v) is 7.19. The molecule has 0 spiro atoms. The topological polar surface area (TPSA) is 72.2 Å². The van der Waals surface area contributed by atoms with Gasteiger partial charge >= 0.3 is 6.01 Å². The van der Waals surface area contributed by atoms with Crippen LogP contribution < -0.4 is 15.4 Å². The van der Waals surface area contributed by atoms with Gasteiger partial charge in [0.1, 0.15) is 5.75 Å². The molecule has 7 heteroatoms. The van der Waals surface area contributed by atoms with Crippen LogP contribution in [0.3, 0.4) is 0 Å². The van der Waals surface area contributed by atoms with Crippen molar-refractivity contribution < 1.29 is 9.15 Å². The first kappa shape index (κ1) is 15.6. The van der Waals surface area contributed by atoms with E-state index < -0.39 is 0 Å². The third-order valence-electron chi connectivity index (χ3n) is 2.91. The van der Waals surface area contributed by atoms with Gasteiger partial charge in [0.25, 0.3) is 0 Å². The molecule has 0 saturated carbocycles. The number of hydrogen-bond donors (Lipinski definition) is 2. The van der Waals surface area contributed by atoms with Gasteiger partial charge in [-0.3, -0.25) is 0 Å². The van der Waals surface area contributed by atoms with Gasteiger partial charge in [0.15, 0.2) is 0 Å². The van der Waals surface area contributed by atoms with E-state index >= 15 is 0 Å². The van der Waals surface area contributed by atoms with Gasteiger partial charge in [-0.2, -0.15) is 0 Å². The van der Waals surface area contributed by atoms with Gasteiger partial charge in [0, 0.05) is 5.02 Å². The maximum absolute atomic E-state index is 5.98. The Bertz CT molecular complexity index is 588. The molecule has 2 aromatic rings. The Labute approximate surface area is 128 Å². The van der Waals surface area contributed by atoms with E-state index in [1.165, 1.54) is 0 Å². The van der Waals surface area contributed by atoms with Crippen LogP contribution in [0.4, 0.5) is 11.7 Å². The normalized spacial score (nSPS) is 12.2. The summed E-state index contributed by atoms with van der Waals surface area (Å²) in [5.41, 5.74) is 0.675. The van der Waals surface area contributed by atoms with Crippen LogP contribution in [0, 0.1) is 0 Å². The van der Waals surface area contributed by atoms with Gasteiger partial charge in [-0.25, -0.2) is 0 Å². The van der Waals surface area contributed by atoms with Crippen LogP contribution in [0.2, 0.25) is 5.02 Å². The fourth-order valence-electron chi connectivity index (χ4n) is 1.80. The highest BCUT2D eigenvalue weighted by molar-refractivity contribution is 6.30. The highest BCUT2D eigenvalue weighted by Crippen LogP contribution is 2.30. The predicted molar refractivity (Wildman–Crippen MR) is 82.3 cm³/mol. The molecule has 0 amide bonds. The highest BCUT2D eigenvalue weighted by Gasteiger charge is 2.14. The van der Waals surface area contributed by atoms with E-state index in [0.29, 0.717) is 28.4 Å². The van der Waals surface area contributed by atoms with Gasteiger partial charge in [0.2, 0.25) is 5.89 Å². The molecule has 0 saturated heterocycles. The third kappa shape index (κ3) is 4.09. The van der Waals surface area contributed by atoms with Crippen LogP contribution in [-0.2, 0) is 0 Å². The van der Waals surface area contributed by atoms with Gasteiger partial charge in [-0.05, 0) is 38.1 Å². The number of anilines is 2. The highest BCUT2D eigenvalue weighted by atomic mass is 35.5. The SMILES string of the molecule is CCCNC(C)c1nnc(Nc2cc(Cl)ccc2OC)o1. The summed E-state index contributed by atoms with van der Waals surface area (Å²) in [6, 6.07) is 5.57. The van der Waals surface area contributed by atoms with Crippen LogP contribution in [0.5, 0.6) is 5.75 Å². The lowest BCUT2D eigenvalue weighted by Crippen LogP contribution is -2.19. The Morgan fingerprint density at radius 1 is 1.38 bits per heavy atom. The Balaban J connectivity index is 2.10. The number of rotatable bonds is 7. The number of halogens is 1. The number of benzene rings is 1. The second-order valence-corrected chi connectivity index (χ2v) is 5.03. The zero-order valence-corrected chi connectivity index (χ0v) is 13.1. The molecule has 2 rings (SSSR count). The smallest absolute Gasteiger partial charge is 0.320 e. The van der Waals surface area contributed by atoms with Crippen LogP contribution in [0.15, 0.2) is 22.6 Å². The summed E-state index contributed by atoms with van der Waals surface area (Å²) in [6.45, 7) is 4.98. The van der Waals surface area contributed by atoms with Crippen molar-refractivity contribution in [2.75, 3.05) is 19.0 Å². The van der Waals surface area contributed by atoms with Crippen molar-refractivity contribution in [3.05, 3.63) is 29.1 Å². The number of hydrogen-bond acceptors (Lipinski definition) is 6.